The average Bonchev–Trinajstić information content (AvgIpc) is 2.40. The van der Waals surface area contributed by atoms with Crippen molar-refractivity contribution in [1.29, 1.82) is 0 Å². The Morgan fingerprint density at radius 3 is 2.00 bits per heavy atom. The summed E-state index contributed by atoms with van der Waals surface area (Å²) in [5.41, 5.74) is -0.781. The summed E-state index contributed by atoms with van der Waals surface area (Å²) >= 11 is 0. The highest BCUT2D eigenvalue weighted by atomic mass is 19.4. The van der Waals surface area contributed by atoms with Gasteiger partial charge in [-0.1, -0.05) is 32.9 Å². The van der Waals surface area contributed by atoms with Crippen LogP contribution in [0.3, 0.4) is 0 Å². The smallest absolute Gasteiger partial charge is 0.350 e. The van der Waals surface area contributed by atoms with Crippen molar-refractivity contribution >= 4 is 11.8 Å². The van der Waals surface area contributed by atoms with Gasteiger partial charge in [-0.2, -0.15) is 13.2 Å². The predicted octanol–water partition coefficient (Wildman–Crippen LogP) is 2.48. The monoisotopic (exact) mass is 316 g/mol. The van der Waals surface area contributed by atoms with Crippen LogP contribution in [0.1, 0.15) is 31.9 Å². The molecule has 0 radical (unpaired) electrons. The Hall–Kier alpha value is -2.05. The molecular formula is C15H19F3N2O2. The lowest BCUT2D eigenvalue weighted by Gasteiger charge is -2.17. The van der Waals surface area contributed by atoms with E-state index in [1.165, 1.54) is 12.1 Å². The average molecular weight is 316 g/mol. The van der Waals surface area contributed by atoms with Crippen molar-refractivity contribution in [2.45, 2.75) is 33.5 Å². The number of amides is 2. The van der Waals surface area contributed by atoms with Crippen molar-refractivity contribution in [1.82, 2.24) is 10.6 Å². The number of alkyl halides is 3. The third-order valence-corrected chi connectivity index (χ3v) is 2.86. The van der Waals surface area contributed by atoms with Gasteiger partial charge in [0.25, 0.3) is 0 Å². The van der Waals surface area contributed by atoms with Gasteiger partial charge in [0, 0.05) is 12.0 Å². The molecule has 0 fully saturated rings. The number of hydrogen-bond donors (Lipinski definition) is 2. The normalized spacial score (nSPS) is 11.9. The molecule has 0 aliphatic carbocycles. The minimum Gasteiger partial charge on any atom is -0.350 e. The number of carbonyl (C=O) groups excluding carboxylic acids is 2. The Morgan fingerprint density at radius 2 is 1.55 bits per heavy atom. The largest absolute Gasteiger partial charge is 0.416 e. The molecule has 0 saturated heterocycles. The van der Waals surface area contributed by atoms with E-state index in [-0.39, 0.29) is 19.0 Å². The molecule has 2 N–H and O–H groups in total. The lowest BCUT2D eigenvalue weighted by molar-refractivity contribution is -0.137. The van der Waals surface area contributed by atoms with E-state index in [9.17, 15) is 22.8 Å². The molecule has 7 heteroatoms. The minimum atomic E-state index is -4.38. The lowest BCUT2D eigenvalue weighted by Crippen LogP contribution is -2.41. The van der Waals surface area contributed by atoms with E-state index >= 15 is 0 Å². The van der Waals surface area contributed by atoms with Crippen molar-refractivity contribution in [3.8, 4) is 0 Å². The summed E-state index contributed by atoms with van der Waals surface area (Å²) in [4.78, 5) is 23.1. The third kappa shape index (κ3) is 5.75. The Kier molecular flexibility index (Phi) is 5.57. The SMILES string of the molecule is CC(C)(C)C(=O)NCC(=O)NCc1ccc(C(F)(F)F)cc1. The summed E-state index contributed by atoms with van der Waals surface area (Å²) in [6.45, 7) is 5.10. The van der Waals surface area contributed by atoms with Gasteiger partial charge in [-0.05, 0) is 17.7 Å². The Labute approximate surface area is 127 Å². The molecular weight excluding hydrogens is 297 g/mol. The number of hydrogen-bond acceptors (Lipinski definition) is 2. The van der Waals surface area contributed by atoms with Crippen LogP contribution >= 0.6 is 0 Å². The highest BCUT2D eigenvalue weighted by molar-refractivity contribution is 5.87. The maximum atomic E-state index is 12.4. The zero-order valence-corrected chi connectivity index (χ0v) is 12.7. The molecule has 0 atom stereocenters. The molecule has 1 aromatic carbocycles. The molecule has 0 aliphatic rings. The highest BCUT2D eigenvalue weighted by Gasteiger charge is 2.29. The lowest BCUT2D eigenvalue weighted by atomic mass is 9.96. The fraction of sp³-hybridized carbons (Fsp3) is 0.467. The fourth-order valence-electron chi connectivity index (χ4n) is 1.50. The molecule has 0 unspecified atom stereocenters. The summed E-state index contributed by atoms with van der Waals surface area (Å²) in [7, 11) is 0. The second-order valence-electron chi connectivity index (χ2n) is 5.90. The summed E-state index contributed by atoms with van der Waals surface area (Å²) < 4.78 is 37.2. The molecule has 0 heterocycles. The number of benzene rings is 1. The van der Waals surface area contributed by atoms with Crippen LogP contribution in [0.2, 0.25) is 0 Å². The molecule has 0 saturated carbocycles. The predicted molar refractivity (Wildman–Crippen MR) is 75.8 cm³/mol. The van der Waals surface area contributed by atoms with Crippen LogP contribution in [-0.4, -0.2) is 18.4 Å². The van der Waals surface area contributed by atoms with Crippen LogP contribution in [0.4, 0.5) is 13.2 Å². The van der Waals surface area contributed by atoms with E-state index in [1.54, 1.807) is 20.8 Å². The summed E-state index contributed by atoms with van der Waals surface area (Å²) in [5, 5.41) is 5.02. The van der Waals surface area contributed by atoms with Gasteiger partial charge in [-0.25, -0.2) is 0 Å². The summed E-state index contributed by atoms with van der Waals surface area (Å²) in [6, 6.07) is 4.53. The highest BCUT2D eigenvalue weighted by Crippen LogP contribution is 2.28. The van der Waals surface area contributed by atoms with Crippen LogP contribution < -0.4 is 10.6 Å². The van der Waals surface area contributed by atoms with E-state index < -0.39 is 23.1 Å². The van der Waals surface area contributed by atoms with Crippen molar-refractivity contribution in [3.05, 3.63) is 35.4 Å². The fourth-order valence-corrected chi connectivity index (χ4v) is 1.50. The topological polar surface area (TPSA) is 58.2 Å². The van der Waals surface area contributed by atoms with Crippen LogP contribution in [0, 0.1) is 5.41 Å². The van der Waals surface area contributed by atoms with Gasteiger partial charge in [0.1, 0.15) is 0 Å². The van der Waals surface area contributed by atoms with Gasteiger partial charge in [0.05, 0.1) is 12.1 Å². The summed E-state index contributed by atoms with van der Waals surface area (Å²) in [5.74, 6) is -0.658. The van der Waals surface area contributed by atoms with E-state index in [1.807, 2.05) is 0 Å². The van der Waals surface area contributed by atoms with Crippen LogP contribution in [0.5, 0.6) is 0 Å². The molecule has 0 aliphatic heterocycles. The van der Waals surface area contributed by atoms with E-state index in [4.69, 9.17) is 0 Å². The van der Waals surface area contributed by atoms with Gasteiger partial charge in [-0.3, -0.25) is 9.59 Å². The van der Waals surface area contributed by atoms with E-state index in [0.717, 1.165) is 12.1 Å². The first kappa shape index (κ1) is 18.0. The van der Waals surface area contributed by atoms with E-state index in [0.29, 0.717) is 5.56 Å². The van der Waals surface area contributed by atoms with Crippen molar-refractivity contribution < 1.29 is 22.8 Å². The van der Waals surface area contributed by atoms with Gasteiger partial charge in [0.15, 0.2) is 0 Å². The zero-order valence-electron chi connectivity index (χ0n) is 12.7. The molecule has 2 amide bonds. The first-order chi connectivity index (χ1) is 10.00. The maximum absolute atomic E-state index is 12.4. The second-order valence-corrected chi connectivity index (χ2v) is 5.90. The molecule has 0 bridgehead atoms. The zero-order chi connectivity index (χ0) is 17.0. The Balaban J connectivity index is 2.43. The van der Waals surface area contributed by atoms with Crippen molar-refractivity contribution in [2.75, 3.05) is 6.54 Å². The first-order valence-electron chi connectivity index (χ1n) is 6.71. The minimum absolute atomic E-state index is 0.0996. The van der Waals surface area contributed by atoms with E-state index in [2.05, 4.69) is 10.6 Å². The van der Waals surface area contributed by atoms with Crippen molar-refractivity contribution in [3.63, 3.8) is 0 Å². The second kappa shape index (κ2) is 6.81. The van der Waals surface area contributed by atoms with Crippen LogP contribution in [0.15, 0.2) is 24.3 Å². The molecule has 0 spiro atoms. The quantitative estimate of drug-likeness (QED) is 0.896. The first-order valence-corrected chi connectivity index (χ1v) is 6.71. The van der Waals surface area contributed by atoms with Crippen LogP contribution in [0.25, 0.3) is 0 Å². The van der Waals surface area contributed by atoms with Gasteiger partial charge < -0.3 is 10.6 Å². The van der Waals surface area contributed by atoms with Gasteiger partial charge in [0.2, 0.25) is 11.8 Å². The molecule has 1 aromatic rings. The molecule has 4 nitrogen and oxygen atoms in total. The van der Waals surface area contributed by atoms with Crippen molar-refractivity contribution in [2.24, 2.45) is 5.41 Å². The van der Waals surface area contributed by atoms with Crippen LogP contribution in [-0.2, 0) is 22.3 Å². The molecule has 22 heavy (non-hydrogen) atoms. The molecule has 1 rings (SSSR count). The van der Waals surface area contributed by atoms with Gasteiger partial charge >= 0.3 is 6.18 Å². The Morgan fingerprint density at radius 1 is 1.00 bits per heavy atom. The standard InChI is InChI=1S/C15H19F3N2O2/c1-14(2,3)13(22)20-9-12(21)19-8-10-4-6-11(7-5-10)15(16,17)18/h4-7H,8-9H2,1-3H3,(H,19,21)(H,20,22). The number of nitrogens with one attached hydrogen (secondary N) is 2. The number of rotatable bonds is 4. The molecule has 0 aromatic heterocycles. The third-order valence-electron chi connectivity index (χ3n) is 2.86. The number of carbonyl (C=O) groups is 2. The molecule has 122 valence electrons. The number of halogens is 3. The summed E-state index contributed by atoms with van der Waals surface area (Å²) in [6.07, 6.45) is -4.38. The maximum Gasteiger partial charge on any atom is 0.416 e. The Bertz CT molecular complexity index is 531. The van der Waals surface area contributed by atoms with Gasteiger partial charge in [-0.15, -0.1) is 0 Å².